The predicted octanol–water partition coefficient (Wildman–Crippen LogP) is 1.13. The first-order chi connectivity index (χ1) is 10.0. The molecule has 2 rings (SSSR count). The number of carbonyl (C=O) groups is 1. The Morgan fingerprint density at radius 1 is 1.57 bits per heavy atom. The van der Waals surface area contributed by atoms with Crippen LogP contribution in [-0.4, -0.2) is 44.5 Å². The molecule has 21 heavy (non-hydrogen) atoms. The van der Waals surface area contributed by atoms with Crippen LogP contribution in [0.5, 0.6) is 0 Å². The van der Waals surface area contributed by atoms with E-state index in [4.69, 9.17) is 9.84 Å². The van der Waals surface area contributed by atoms with Gasteiger partial charge in [-0.2, -0.15) is 5.10 Å². The molecule has 0 saturated carbocycles. The monoisotopic (exact) mass is 292 g/mol. The van der Waals surface area contributed by atoms with Crippen LogP contribution in [0.15, 0.2) is 30.6 Å². The molecule has 1 aromatic heterocycles. The summed E-state index contributed by atoms with van der Waals surface area (Å²) in [6.45, 7) is -0.0624. The first kappa shape index (κ1) is 14.6. The summed E-state index contributed by atoms with van der Waals surface area (Å²) in [7, 11) is 1.38. The van der Waals surface area contributed by atoms with E-state index in [0.29, 0.717) is 5.56 Å². The van der Waals surface area contributed by atoms with Gasteiger partial charge in [0.15, 0.2) is 11.9 Å². The lowest BCUT2D eigenvalue weighted by atomic mass is 10.2. The summed E-state index contributed by atoms with van der Waals surface area (Å²) in [6.07, 6.45) is 1.26. The summed E-state index contributed by atoms with van der Waals surface area (Å²) in [4.78, 5) is 25.3. The van der Waals surface area contributed by atoms with Gasteiger partial charge in [-0.25, -0.2) is 14.5 Å². The molecule has 0 fully saturated rings. The van der Waals surface area contributed by atoms with E-state index < -0.39 is 16.9 Å². The summed E-state index contributed by atoms with van der Waals surface area (Å²) in [5, 5.41) is 23.9. The Morgan fingerprint density at radius 2 is 2.33 bits per heavy atom. The zero-order valence-corrected chi connectivity index (χ0v) is 11.0. The maximum absolute atomic E-state index is 11.1. The fraction of sp³-hybridized carbons (Fsp3) is 0.250. The van der Waals surface area contributed by atoms with Gasteiger partial charge in [0, 0.05) is 24.8 Å². The largest absolute Gasteiger partial charge is 0.480 e. The van der Waals surface area contributed by atoms with Gasteiger partial charge >= 0.3 is 5.97 Å². The third kappa shape index (κ3) is 3.20. The zero-order chi connectivity index (χ0) is 15.4. The van der Waals surface area contributed by atoms with E-state index in [1.807, 2.05) is 0 Å². The highest BCUT2D eigenvalue weighted by Gasteiger charge is 2.21. The smallest absolute Gasteiger partial charge is 0.330 e. The van der Waals surface area contributed by atoms with Crippen LogP contribution in [0, 0.1) is 10.1 Å². The van der Waals surface area contributed by atoms with Crippen LogP contribution in [0.1, 0.15) is 6.04 Å². The van der Waals surface area contributed by atoms with Gasteiger partial charge in [0.1, 0.15) is 6.33 Å². The molecule has 0 aliphatic heterocycles. The average molecular weight is 292 g/mol. The van der Waals surface area contributed by atoms with E-state index in [0.717, 1.165) is 4.68 Å². The topological polar surface area (TPSA) is 120 Å². The molecular weight excluding hydrogens is 280 g/mol. The molecule has 0 amide bonds. The van der Waals surface area contributed by atoms with Gasteiger partial charge in [-0.1, -0.05) is 12.1 Å². The highest BCUT2D eigenvalue weighted by molar-refractivity contribution is 5.72. The number of nitro groups is 1. The molecular formula is C12H12N4O5. The third-order valence-electron chi connectivity index (χ3n) is 2.75. The lowest BCUT2D eigenvalue weighted by molar-refractivity contribution is -0.384. The highest BCUT2D eigenvalue weighted by atomic mass is 16.6. The van der Waals surface area contributed by atoms with Crippen LogP contribution in [0.2, 0.25) is 0 Å². The van der Waals surface area contributed by atoms with Crippen LogP contribution >= 0.6 is 0 Å². The molecule has 9 nitrogen and oxygen atoms in total. The number of carboxylic acid groups (broad SMARTS) is 1. The first-order valence-corrected chi connectivity index (χ1v) is 5.90. The Bertz CT molecular complexity index is 669. The van der Waals surface area contributed by atoms with Crippen molar-refractivity contribution in [3.05, 3.63) is 40.7 Å². The second-order valence-electron chi connectivity index (χ2n) is 4.17. The Labute approximate surface area is 118 Å². The van der Waals surface area contributed by atoms with Crippen molar-refractivity contribution >= 4 is 11.7 Å². The number of rotatable bonds is 6. The van der Waals surface area contributed by atoms with Crippen LogP contribution < -0.4 is 0 Å². The second-order valence-corrected chi connectivity index (χ2v) is 4.17. The van der Waals surface area contributed by atoms with Crippen LogP contribution in [0.3, 0.4) is 0 Å². The van der Waals surface area contributed by atoms with Crippen LogP contribution in [0.25, 0.3) is 11.4 Å². The zero-order valence-electron chi connectivity index (χ0n) is 11.0. The number of benzene rings is 1. The van der Waals surface area contributed by atoms with Gasteiger partial charge in [0.25, 0.3) is 5.69 Å². The number of non-ortho nitro benzene ring substituents is 1. The number of nitrogens with zero attached hydrogens (tertiary/aromatic N) is 4. The van der Waals surface area contributed by atoms with Crippen LogP contribution in [-0.2, 0) is 9.53 Å². The summed E-state index contributed by atoms with van der Waals surface area (Å²) < 4.78 is 5.98. The number of hydrogen-bond acceptors (Lipinski definition) is 6. The molecule has 0 aliphatic rings. The van der Waals surface area contributed by atoms with E-state index in [9.17, 15) is 14.9 Å². The summed E-state index contributed by atoms with van der Waals surface area (Å²) in [5.74, 6) is -0.895. The molecule has 110 valence electrons. The lowest BCUT2D eigenvalue weighted by Gasteiger charge is -2.10. The molecule has 1 N–H and O–H groups in total. The number of aliphatic carboxylic acids is 1. The van der Waals surface area contributed by atoms with Crippen molar-refractivity contribution < 1.29 is 19.6 Å². The van der Waals surface area contributed by atoms with Gasteiger partial charge < -0.3 is 9.84 Å². The Morgan fingerprint density at radius 3 is 2.95 bits per heavy atom. The number of methoxy groups -OCH3 is 1. The van der Waals surface area contributed by atoms with E-state index in [1.165, 1.54) is 31.6 Å². The summed E-state index contributed by atoms with van der Waals surface area (Å²) in [6, 6.07) is 4.79. The molecule has 1 heterocycles. The minimum atomic E-state index is -1.10. The average Bonchev–Trinajstić information content (AvgIpc) is 2.94. The van der Waals surface area contributed by atoms with Crippen molar-refractivity contribution in [3.8, 4) is 11.4 Å². The number of nitro benzene ring substituents is 1. The fourth-order valence-corrected chi connectivity index (χ4v) is 1.73. The molecule has 1 atom stereocenters. The summed E-state index contributed by atoms with van der Waals surface area (Å²) in [5.41, 5.74) is 0.347. The van der Waals surface area contributed by atoms with Crippen molar-refractivity contribution in [1.29, 1.82) is 0 Å². The molecule has 0 bridgehead atoms. The van der Waals surface area contributed by atoms with E-state index in [1.54, 1.807) is 6.07 Å². The highest BCUT2D eigenvalue weighted by Crippen LogP contribution is 2.21. The first-order valence-electron chi connectivity index (χ1n) is 5.90. The van der Waals surface area contributed by atoms with Crippen LogP contribution in [0.4, 0.5) is 5.69 Å². The van der Waals surface area contributed by atoms with Gasteiger partial charge in [-0.15, -0.1) is 0 Å². The Kier molecular flexibility index (Phi) is 4.24. The molecule has 9 heteroatoms. The van der Waals surface area contributed by atoms with Crippen molar-refractivity contribution in [2.24, 2.45) is 0 Å². The van der Waals surface area contributed by atoms with E-state index in [2.05, 4.69) is 10.1 Å². The predicted molar refractivity (Wildman–Crippen MR) is 70.7 cm³/mol. The number of ether oxygens (including phenoxy) is 1. The molecule has 0 saturated heterocycles. The number of hydrogen-bond donors (Lipinski definition) is 1. The second kappa shape index (κ2) is 6.09. The number of aromatic nitrogens is 3. The van der Waals surface area contributed by atoms with Crippen molar-refractivity contribution in [1.82, 2.24) is 14.8 Å². The van der Waals surface area contributed by atoms with Crippen molar-refractivity contribution in [2.75, 3.05) is 13.7 Å². The maximum Gasteiger partial charge on any atom is 0.330 e. The van der Waals surface area contributed by atoms with Gasteiger partial charge in [-0.3, -0.25) is 10.1 Å². The molecule has 0 spiro atoms. The quantitative estimate of drug-likeness (QED) is 0.625. The maximum atomic E-state index is 11.1. The fourth-order valence-electron chi connectivity index (χ4n) is 1.73. The van der Waals surface area contributed by atoms with Gasteiger partial charge in [0.2, 0.25) is 0 Å². The minimum absolute atomic E-state index is 0.0624. The minimum Gasteiger partial charge on any atom is -0.480 e. The van der Waals surface area contributed by atoms with Crippen molar-refractivity contribution in [3.63, 3.8) is 0 Å². The van der Waals surface area contributed by atoms with Gasteiger partial charge in [0.05, 0.1) is 11.5 Å². The standard InChI is InChI=1S/C12H12N4O5/c1-21-6-10(12(17)18)15-7-13-11(14-15)8-3-2-4-9(5-8)16(19)20/h2-5,7,10H,6H2,1H3,(H,17,18). The molecule has 0 aliphatic carbocycles. The molecule has 2 aromatic rings. The third-order valence-corrected chi connectivity index (χ3v) is 2.75. The summed E-state index contributed by atoms with van der Waals surface area (Å²) >= 11 is 0. The molecule has 1 aromatic carbocycles. The van der Waals surface area contributed by atoms with Crippen molar-refractivity contribution in [2.45, 2.75) is 6.04 Å². The van der Waals surface area contributed by atoms with E-state index >= 15 is 0 Å². The molecule has 1 unspecified atom stereocenters. The SMILES string of the molecule is COCC(C(=O)O)n1cnc(-c2cccc([N+](=O)[O-])c2)n1. The van der Waals surface area contributed by atoms with E-state index in [-0.39, 0.29) is 18.1 Å². The number of carboxylic acids is 1. The Hall–Kier alpha value is -2.81. The molecule has 0 radical (unpaired) electrons. The van der Waals surface area contributed by atoms with Gasteiger partial charge in [-0.05, 0) is 0 Å². The normalized spacial score (nSPS) is 12.0. The Balaban J connectivity index is 2.33. The lowest BCUT2D eigenvalue weighted by Crippen LogP contribution is -2.24.